The van der Waals surface area contributed by atoms with Crippen molar-refractivity contribution < 1.29 is 9.13 Å². The van der Waals surface area contributed by atoms with Crippen LogP contribution in [-0.2, 0) is 19.4 Å². The Bertz CT molecular complexity index is 602. The summed E-state index contributed by atoms with van der Waals surface area (Å²) in [6, 6.07) is 6.20. The average Bonchev–Trinajstić information content (AvgIpc) is 2.48. The molecule has 0 saturated heterocycles. The first kappa shape index (κ1) is 14.4. The minimum absolute atomic E-state index is 0.128. The summed E-state index contributed by atoms with van der Waals surface area (Å²) in [5.41, 5.74) is 8.54. The third-order valence-electron chi connectivity index (χ3n) is 3.17. The van der Waals surface area contributed by atoms with E-state index in [0.717, 1.165) is 29.7 Å². The van der Waals surface area contributed by atoms with Crippen molar-refractivity contribution in [3.63, 3.8) is 0 Å². The van der Waals surface area contributed by atoms with Gasteiger partial charge in [-0.25, -0.2) is 4.39 Å². The second-order valence-corrected chi connectivity index (χ2v) is 4.35. The fraction of sp³-hybridized carbons (Fsp3) is 0.333. The number of aromatic nitrogens is 2. The van der Waals surface area contributed by atoms with Gasteiger partial charge in [0.25, 0.3) is 0 Å². The fourth-order valence-electron chi connectivity index (χ4n) is 2.16. The zero-order valence-corrected chi connectivity index (χ0v) is 11.7. The minimum atomic E-state index is -0.435. The van der Waals surface area contributed by atoms with Crippen molar-refractivity contribution in [1.29, 1.82) is 0 Å². The molecule has 0 fully saturated rings. The Morgan fingerprint density at radius 3 is 2.45 bits per heavy atom. The van der Waals surface area contributed by atoms with Crippen LogP contribution < -0.4 is 10.5 Å². The van der Waals surface area contributed by atoms with Gasteiger partial charge >= 0.3 is 0 Å². The molecule has 0 spiro atoms. The van der Waals surface area contributed by atoms with Gasteiger partial charge in [-0.3, -0.25) is 0 Å². The molecule has 1 aromatic carbocycles. The minimum Gasteiger partial charge on any atom is -0.434 e. The quantitative estimate of drug-likeness (QED) is 0.911. The average molecular weight is 275 g/mol. The molecule has 106 valence electrons. The fourth-order valence-corrected chi connectivity index (χ4v) is 2.16. The van der Waals surface area contributed by atoms with Crippen molar-refractivity contribution in [1.82, 2.24) is 10.2 Å². The van der Waals surface area contributed by atoms with Gasteiger partial charge in [0, 0.05) is 12.1 Å². The number of aryl methyl sites for hydroxylation is 1. The smallest absolute Gasteiger partial charge is 0.243 e. The SMILES string of the molecule is CCc1nnc(Oc2ccccc2F)c(CN)c1CC. The van der Waals surface area contributed by atoms with Crippen molar-refractivity contribution in [2.75, 3.05) is 0 Å². The maximum Gasteiger partial charge on any atom is 0.243 e. The summed E-state index contributed by atoms with van der Waals surface area (Å²) in [5, 5.41) is 8.20. The highest BCUT2D eigenvalue weighted by molar-refractivity contribution is 5.39. The Morgan fingerprint density at radius 2 is 1.85 bits per heavy atom. The van der Waals surface area contributed by atoms with Crippen molar-refractivity contribution in [2.24, 2.45) is 5.73 Å². The van der Waals surface area contributed by atoms with Gasteiger partial charge in [0.1, 0.15) is 0 Å². The molecule has 0 atom stereocenters. The third-order valence-corrected chi connectivity index (χ3v) is 3.17. The van der Waals surface area contributed by atoms with E-state index in [1.807, 2.05) is 13.8 Å². The molecule has 2 N–H and O–H groups in total. The molecule has 5 heteroatoms. The van der Waals surface area contributed by atoms with Crippen molar-refractivity contribution in [2.45, 2.75) is 33.2 Å². The normalized spacial score (nSPS) is 10.6. The molecule has 2 rings (SSSR count). The molecule has 0 amide bonds. The van der Waals surface area contributed by atoms with Crippen molar-refractivity contribution in [3.05, 3.63) is 46.9 Å². The molecule has 1 aromatic heterocycles. The number of nitrogens with zero attached hydrogens (tertiary/aromatic N) is 2. The highest BCUT2D eigenvalue weighted by atomic mass is 19.1. The van der Waals surface area contributed by atoms with Crippen LogP contribution in [-0.4, -0.2) is 10.2 Å². The summed E-state index contributed by atoms with van der Waals surface area (Å²) >= 11 is 0. The molecule has 4 nitrogen and oxygen atoms in total. The lowest BCUT2D eigenvalue weighted by Crippen LogP contribution is -2.10. The summed E-state index contributed by atoms with van der Waals surface area (Å²) < 4.78 is 19.2. The summed E-state index contributed by atoms with van der Waals surface area (Å²) in [5.74, 6) is -0.0238. The predicted molar refractivity (Wildman–Crippen MR) is 75.2 cm³/mol. The number of nitrogens with two attached hydrogens (primary N) is 1. The van der Waals surface area contributed by atoms with E-state index in [1.165, 1.54) is 6.07 Å². The molecule has 0 unspecified atom stereocenters. The number of rotatable bonds is 5. The van der Waals surface area contributed by atoms with E-state index in [4.69, 9.17) is 10.5 Å². The predicted octanol–water partition coefficient (Wildman–Crippen LogP) is 2.99. The molecule has 0 aliphatic carbocycles. The lowest BCUT2D eigenvalue weighted by atomic mass is 10.0. The van der Waals surface area contributed by atoms with Gasteiger partial charge in [0.15, 0.2) is 11.6 Å². The lowest BCUT2D eigenvalue weighted by molar-refractivity contribution is 0.414. The molecular formula is C15H18FN3O. The monoisotopic (exact) mass is 275 g/mol. The molecule has 0 aliphatic rings. The Hall–Kier alpha value is -2.01. The lowest BCUT2D eigenvalue weighted by Gasteiger charge is -2.14. The zero-order valence-electron chi connectivity index (χ0n) is 11.7. The number of hydrogen-bond donors (Lipinski definition) is 1. The molecule has 0 aliphatic heterocycles. The highest BCUT2D eigenvalue weighted by Gasteiger charge is 2.16. The van der Waals surface area contributed by atoms with E-state index in [9.17, 15) is 4.39 Å². The van der Waals surface area contributed by atoms with Gasteiger partial charge < -0.3 is 10.5 Å². The second kappa shape index (κ2) is 6.43. The first-order valence-electron chi connectivity index (χ1n) is 6.70. The van der Waals surface area contributed by atoms with Crippen molar-refractivity contribution in [3.8, 4) is 11.6 Å². The van der Waals surface area contributed by atoms with Crippen LogP contribution in [0.4, 0.5) is 4.39 Å². The number of ether oxygens (including phenoxy) is 1. The second-order valence-electron chi connectivity index (χ2n) is 4.35. The van der Waals surface area contributed by atoms with E-state index >= 15 is 0 Å². The zero-order chi connectivity index (χ0) is 14.5. The summed E-state index contributed by atoms with van der Waals surface area (Å²) in [4.78, 5) is 0. The van der Waals surface area contributed by atoms with Crippen molar-refractivity contribution >= 4 is 0 Å². The van der Waals surface area contributed by atoms with Crippen LogP contribution in [0, 0.1) is 5.82 Å². The Labute approximate surface area is 117 Å². The van der Waals surface area contributed by atoms with E-state index in [0.29, 0.717) is 0 Å². The van der Waals surface area contributed by atoms with E-state index < -0.39 is 5.82 Å². The van der Waals surface area contributed by atoms with E-state index in [1.54, 1.807) is 18.2 Å². The molecular weight excluding hydrogens is 257 g/mol. The Kier molecular flexibility index (Phi) is 4.63. The highest BCUT2D eigenvalue weighted by Crippen LogP contribution is 2.28. The Morgan fingerprint density at radius 1 is 1.10 bits per heavy atom. The standard InChI is InChI=1S/C15H18FN3O/c1-3-10-11(9-17)15(19-18-13(10)4-2)20-14-8-6-5-7-12(14)16/h5-8H,3-4,9,17H2,1-2H3. The third kappa shape index (κ3) is 2.77. The van der Waals surface area contributed by atoms with Gasteiger partial charge in [0.2, 0.25) is 5.88 Å². The van der Waals surface area contributed by atoms with Crippen LogP contribution >= 0.6 is 0 Å². The van der Waals surface area contributed by atoms with Gasteiger partial charge in [-0.15, -0.1) is 5.10 Å². The van der Waals surface area contributed by atoms with Gasteiger partial charge in [-0.1, -0.05) is 26.0 Å². The van der Waals surface area contributed by atoms with Crippen LogP contribution in [0.1, 0.15) is 30.7 Å². The van der Waals surface area contributed by atoms with Crippen LogP contribution in [0.2, 0.25) is 0 Å². The molecule has 0 radical (unpaired) electrons. The van der Waals surface area contributed by atoms with Crippen LogP contribution in [0.3, 0.4) is 0 Å². The number of para-hydroxylation sites is 1. The Balaban J connectivity index is 2.44. The van der Waals surface area contributed by atoms with Gasteiger partial charge in [-0.2, -0.15) is 5.10 Å². The maximum absolute atomic E-state index is 13.6. The summed E-state index contributed by atoms with van der Waals surface area (Å²) in [6.07, 6.45) is 1.57. The largest absolute Gasteiger partial charge is 0.434 e. The van der Waals surface area contributed by atoms with Gasteiger partial charge in [-0.05, 0) is 30.5 Å². The molecule has 20 heavy (non-hydrogen) atoms. The first-order valence-corrected chi connectivity index (χ1v) is 6.70. The molecule has 2 aromatic rings. The topological polar surface area (TPSA) is 61.0 Å². The van der Waals surface area contributed by atoms with Crippen LogP contribution in [0.25, 0.3) is 0 Å². The summed E-state index contributed by atoms with van der Waals surface area (Å²) in [6.45, 7) is 4.33. The van der Waals surface area contributed by atoms with Gasteiger partial charge in [0.05, 0.1) is 5.69 Å². The molecule has 0 bridgehead atoms. The van der Waals surface area contributed by atoms with Crippen LogP contribution in [0.5, 0.6) is 11.6 Å². The van der Waals surface area contributed by atoms with E-state index in [2.05, 4.69) is 10.2 Å². The number of benzene rings is 1. The summed E-state index contributed by atoms with van der Waals surface area (Å²) in [7, 11) is 0. The maximum atomic E-state index is 13.6. The van der Waals surface area contributed by atoms with Crippen LogP contribution in [0.15, 0.2) is 24.3 Å². The molecule has 0 saturated carbocycles. The molecule has 1 heterocycles. The van der Waals surface area contributed by atoms with E-state index in [-0.39, 0.29) is 18.2 Å². The number of halogens is 1. The number of hydrogen-bond acceptors (Lipinski definition) is 4. The first-order chi connectivity index (χ1) is 9.71.